The summed E-state index contributed by atoms with van der Waals surface area (Å²) >= 11 is 0. The van der Waals surface area contributed by atoms with Crippen LogP contribution in [0.5, 0.6) is 0 Å². The van der Waals surface area contributed by atoms with Gasteiger partial charge in [-0.2, -0.15) is 0 Å². The van der Waals surface area contributed by atoms with E-state index in [1.54, 1.807) is 18.4 Å². The SMILES string of the molecule is CC(C)NC(=O)NCc1ccc(C(=O)NCCc2ccco2)cc1. The van der Waals surface area contributed by atoms with E-state index in [2.05, 4.69) is 16.0 Å². The van der Waals surface area contributed by atoms with Crippen molar-refractivity contribution in [1.82, 2.24) is 16.0 Å². The Hall–Kier alpha value is -2.76. The van der Waals surface area contributed by atoms with Gasteiger partial charge in [0.15, 0.2) is 0 Å². The van der Waals surface area contributed by atoms with E-state index in [4.69, 9.17) is 4.42 Å². The smallest absolute Gasteiger partial charge is 0.315 e. The van der Waals surface area contributed by atoms with E-state index in [1.165, 1.54) is 0 Å². The quantitative estimate of drug-likeness (QED) is 0.729. The number of hydrogen-bond acceptors (Lipinski definition) is 3. The van der Waals surface area contributed by atoms with Gasteiger partial charge in [0.25, 0.3) is 5.91 Å². The van der Waals surface area contributed by atoms with Crippen molar-refractivity contribution in [2.24, 2.45) is 0 Å². The number of rotatable bonds is 7. The summed E-state index contributed by atoms with van der Waals surface area (Å²) in [5.41, 5.74) is 1.52. The molecule has 0 spiro atoms. The lowest BCUT2D eigenvalue weighted by Gasteiger charge is -2.10. The Morgan fingerprint density at radius 1 is 1.08 bits per heavy atom. The molecule has 128 valence electrons. The van der Waals surface area contributed by atoms with Gasteiger partial charge < -0.3 is 20.4 Å². The number of carbonyl (C=O) groups excluding carboxylic acids is 2. The Morgan fingerprint density at radius 3 is 2.46 bits per heavy atom. The van der Waals surface area contributed by atoms with Gasteiger partial charge in [0.05, 0.1) is 6.26 Å². The molecular weight excluding hydrogens is 306 g/mol. The zero-order valence-corrected chi connectivity index (χ0v) is 14.0. The van der Waals surface area contributed by atoms with Crippen molar-refractivity contribution in [3.05, 3.63) is 59.5 Å². The first-order valence-corrected chi connectivity index (χ1v) is 7.98. The minimum Gasteiger partial charge on any atom is -0.469 e. The van der Waals surface area contributed by atoms with Crippen LogP contribution in [0.15, 0.2) is 47.1 Å². The molecule has 1 aromatic carbocycles. The molecule has 1 aromatic heterocycles. The highest BCUT2D eigenvalue weighted by Crippen LogP contribution is 2.05. The molecule has 6 nitrogen and oxygen atoms in total. The van der Waals surface area contributed by atoms with Crippen molar-refractivity contribution in [3.8, 4) is 0 Å². The lowest BCUT2D eigenvalue weighted by molar-refractivity contribution is 0.0953. The molecule has 0 unspecified atom stereocenters. The molecule has 3 N–H and O–H groups in total. The number of hydrogen-bond donors (Lipinski definition) is 3. The molecule has 0 bridgehead atoms. The van der Waals surface area contributed by atoms with E-state index in [1.807, 2.05) is 38.1 Å². The molecule has 0 radical (unpaired) electrons. The Bertz CT molecular complexity index is 649. The number of nitrogens with one attached hydrogen (secondary N) is 3. The zero-order chi connectivity index (χ0) is 17.4. The van der Waals surface area contributed by atoms with Crippen LogP contribution in [0, 0.1) is 0 Å². The third kappa shape index (κ3) is 5.79. The van der Waals surface area contributed by atoms with Crippen LogP contribution in [0.4, 0.5) is 4.79 Å². The number of furan rings is 1. The van der Waals surface area contributed by atoms with Crippen LogP contribution in [-0.4, -0.2) is 24.5 Å². The van der Waals surface area contributed by atoms with Crippen LogP contribution in [0.1, 0.15) is 35.5 Å². The van der Waals surface area contributed by atoms with Crippen LogP contribution < -0.4 is 16.0 Å². The maximum absolute atomic E-state index is 12.1. The number of urea groups is 1. The first-order chi connectivity index (χ1) is 11.5. The van der Waals surface area contributed by atoms with Gasteiger partial charge in [-0.05, 0) is 43.7 Å². The summed E-state index contributed by atoms with van der Waals surface area (Å²) in [5, 5.41) is 8.37. The van der Waals surface area contributed by atoms with E-state index in [9.17, 15) is 9.59 Å². The second-order valence-electron chi connectivity index (χ2n) is 5.76. The van der Waals surface area contributed by atoms with Gasteiger partial charge in [-0.25, -0.2) is 4.79 Å². The average molecular weight is 329 g/mol. The molecule has 0 aliphatic heterocycles. The van der Waals surface area contributed by atoms with Gasteiger partial charge in [0.1, 0.15) is 5.76 Å². The van der Waals surface area contributed by atoms with Crippen LogP contribution >= 0.6 is 0 Å². The molecule has 0 fully saturated rings. The van der Waals surface area contributed by atoms with Crippen molar-refractivity contribution in [3.63, 3.8) is 0 Å². The fraction of sp³-hybridized carbons (Fsp3) is 0.333. The molecule has 0 atom stereocenters. The van der Waals surface area contributed by atoms with E-state index in [-0.39, 0.29) is 18.0 Å². The largest absolute Gasteiger partial charge is 0.469 e. The third-order valence-corrected chi connectivity index (χ3v) is 3.33. The molecule has 1 heterocycles. The highest BCUT2D eigenvalue weighted by molar-refractivity contribution is 5.94. The molecule has 0 aliphatic rings. The zero-order valence-electron chi connectivity index (χ0n) is 14.0. The van der Waals surface area contributed by atoms with Crippen LogP contribution in [0.2, 0.25) is 0 Å². The lowest BCUT2D eigenvalue weighted by atomic mass is 10.1. The van der Waals surface area contributed by atoms with Crippen LogP contribution in [-0.2, 0) is 13.0 Å². The van der Waals surface area contributed by atoms with Gasteiger partial charge >= 0.3 is 6.03 Å². The summed E-state index contributed by atoms with van der Waals surface area (Å²) in [4.78, 5) is 23.6. The summed E-state index contributed by atoms with van der Waals surface area (Å²) in [5.74, 6) is 0.718. The second kappa shape index (κ2) is 8.76. The van der Waals surface area contributed by atoms with Gasteiger partial charge in [-0.3, -0.25) is 4.79 Å². The Kier molecular flexibility index (Phi) is 6.42. The predicted octanol–water partition coefficient (Wildman–Crippen LogP) is 2.46. The van der Waals surface area contributed by atoms with Crippen molar-refractivity contribution >= 4 is 11.9 Å². The topological polar surface area (TPSA) is 83.4 Å². The average Bonchev–Trinajstić information content (AvgIpc) is 3.06. The molecule has 6 heteroatoms. The number of amides is 3. The molecule has 24 heavy (non-hydrogen) atoms. The lowest BCUT2D eigenvalue weighted by Crippen LogP contribution is -2.39. The standard InChI is InChI=1S/C18H23N3O3/c1-13(2)21-18(23)20-12-14-5-7-15(8-6-14)17(22)19-10-9-16-4-3-11-24-16/h3-8,11,13H,9-10,12H2,1-2H3,(H,19,22)(H2,20,21,23). The van der Waals surface area contributed by atoms with Crippen LogP contribution in [0.3, 0.4) is 0 Å². The normalized spacial score (nSPS) is 10.5. The van der Waals surface area contributed by atoms with E-state index in [0.29, 0.717) is 25.1 Å². The molecule has 3 amide bonds. The van der Waals surface area contributed by atoms with E-state index in [0.717, 1.165) is 11.3 Å². The first kappa shape index (κ1) is 17.6. The first-order valence-electron chi connectivity index (χ1n) is 7.98. The summed E-state index contributed by atoms with van der Waals surface area (Å²) in [6.45, 7) is 4.74. The monoisotopic (exact) mass is 329 g/mol. The molecule has 2 aromatic rings. The molecule has 0 saturated carbocycles. The second-order valence-corrected chi connectivity index (χ2v) is 5.76. The van der Waals surface area contributed by atoms with Gasteiger partial charge in [0, 0.05) is 31.1 Å². The maximum Gasteiger partial charge on any atom is 0.315 e. The number of carbonyl (C=O) groups is 2. The molecule has 2 rings (SSSR count). The number of benzene rings is 1. The molecule has 0 aliphatic carbocycles. The summed E-state index contributed by atoms with van der Waals surface area (Å²) in [6, 6.07) is 10.8. The summed E-state index contributed by atoms with van der Waals surface area (Å²) in [7, 11) is 0. The third-order valence-electron chi connectivity index (χ3n) is 3.33. The minimum atomic E-state index is -0.204. The molecule has 0 saturated heterocycles. The van der Waals surface area contributed by atoms with Crippen molar-refractivity contribution in [2.45, 2.75) is 32.9 Å². The van der Waals surface area contributed by atoms with Crippen LogP contribution in [0.25, 0.3) is 0 Å². The van der Waals surface area contributed by atoms with E-state index >= 15 is 0 Å². The fourth-order valence-corrected chi connectivity index (χ4v) is 2.13. The Labute approximate surface area is 141 Å². The van der Waals surface area contributed by atoms with Crippen molar-refractivity contribution < 1.29 is 14.0 Å². The predicted molar refractivity (Wildman–Crippen MR) is 91.7 cm³/mol. The van der Waals surface area contributed by atoms with Gasteiger partial charge in [-0.15, -0.1) is 0 Å². The summed E-state index contributed by atoms with van der Waals surface area (Å²) < 4.78 is 5.22. The van der Waals surface area contributed by atoms with Gasteiger partial charge in [-0.1, -0.05) is 12.1 Å². The highest BCUT2D eigenvalue weighted by atomic mass is 16.3. The minimum absolute atomic E-state index is 0.0947. The Balaban J connectivity index is 1.76. The molecular formula is C18H23N3O3. The van der Waals surface area contributed by atoms with Gasteiger partial charge in [0.2, 0.25) is 0 Å². The maximum atomic E-state index is 12.1. The summed E-state index contributed by atoms with van der Waals surface area (Å²) in [6.07, 6.45) is 2.27. The highest BCUT2D eigenvalue weighted by Gasteiger charge is 2.06. The van der Waals surface area contributed by atoms with E-state index < -0.39 is 0 Å². The fourth-order valence-electron chi connectivity index (χ4n) is 2.13. The van der Waals surface area contributed by atoms with Crippen molar-refractivity contribution in [2.75, 3.05) is 6.54 Å². The van der Waals surface area contributed by atoms with Crippen molar-refractivity contribution in [1.29, 1.82) is 0 Å². The Morgan fingerprint density at radius 2 is 1.83 bits per heavy atom.